The molecule has 0 saturated carbocycles. The van der Waals surface area contributed by atoms with Crippen LogP contribution >= 0.6 is 15.9 Å². The standard InChI is InChI=1S/C11H8BrF3N2O2/c12-7-1-2-9(10(3-7)19-11(13,14)15)17-5-8-4-16-6-18-8/h1-4,6,17H,5H2. The normalized spacial score (nSPS) is 11.4. The van der Waals surface area contributed by atoms with Crippen LogP contribution < -0.4 is 10.1 Å². The lowest BCUT2D eigenvalue weighted by Crippen LogP contribution is -2.18. The molecule has 2 rings (SSSR count). The van der Waals surface area contributed by atoms with Gasteiger partial charge in [0, 0.05) is 4.47 Å². The van der Waals surface area contributed by atoms with Gasteiger partial charge in [0.15, 0.2) is 12.1 Å². The molecule has 0 aliphatic rings. The third-order valence-corrected chi connectivity index (χ3v) is 2.60. The topological polar surface area (TPSA) is 47.3 Å². The molecule has 0 bridgehead atoms. The summed E-state index contributed by atoms with van der Waals surface area (Å²) in [6.45, 7) is 0.204. The van der Waals surface area contributed by atoms with Crippen LogP contribution in [0.15, 0.2) is 39.7 Å². The third-order valence-electron chi connectivity index (χ3n) is 2.11. The van der Waals surface area contributed by atoms with Crippen molar-refractivity contribution >= 4 is 21.6 Å². The zero-order valence-electron chi connectivity index (χ0n) is 9.37. The van der Waals surface area contributed by atoms with Gasteiger partial charge >= 0.3 is 6.36 Å². The molecule has 1 aromatic carbocycles. The average Bonchev–Trinajstić information content (AvgIpc) is 2.78. The highest BCUT2D eigenvalue weighted by Crippen LogP contribution is 2.33. The first-order valence-corrected chi connectivity index (χ1v) is 5.90. The highest BCUT2D eigenvalue weighted by Gasteiger charge is 2.32. The van der Waals surface area contributed by atoms with Gasteiger partial charge in [-0.1, -0.05) is 15.9 Å². The van der Waals surface area contributed by atoms with Crippen molar-refractivity contribution < 1.29 is 22.3 Å². The molecule has 4 nitrogen and oxygen atoms in total. The van der Waals surface area contributed by atoms with Crippen LogP contribution in [-0.4, -0.2) is 11.3 Å². The smallest absolute Gasteiger partial charge is 0.447 e. The Hall–Kier alpha value is -1.70. The van der Waals surface area contributed by atoms with Gasteiger partial charge in [-0.2, -0.15) is 0 Å². The van der Waals surface area contributed by atoms with Crippen LogP contribution in [0.3, 0.4) is 0 Å². The van der Waals surface area contributed by atoms with Crippen molar-refractivity contribution in [1.82, 2.24) is 4.98 Å². The second kappa shape index (κ2) is 5.52. The summed E-state index contributed by atoms with van der Waals surface area (Å²) >= 11 is 3.09. The molecule has 0 unspecified atom stereocenters. The number of hydrogen-bond donors (Lipinski definition) is 1. The van der Waals surface area contributed by atoms with Crippen LogP contribution in [0, 0.1) is 0 Å². The third kappa shape index (κ3) is 4.16. The number of aromatic nitrogens is 1. The Labute approximate surface area is 114 Å². The maximum atomic E-state index is 12.3. The van der Waals surface area contributed by atoms with Crippen molar-refractivity contribution in [2.24, 2.45) is 0 Å². The van der Waals surface area contributed by atoms with E-state index in [1.807, 2.05) is 0 Å². The Morgan fingerprint density at radius 2 is 2.16 bits per heavy atom. The lowest BCUT2D eigenvalue weighted by atomic mass is 10.3. The second-order valence-corrected chi connectivity index (χ2v) is 4.43. The molecule has 1 N–H and O–H groups in total. The maximum absolute atomic E-state index is 12.3. The van der Waals surface area contributed by atoms with Gasteiger partial charge in [0.1, 0.15) is 5.76 Å². The van der Waals surface area contributed by atoms with Crippen LogP contribution in [0.5, 0.6) is 5.75 Å². The van der Waals surface area contributed by atoms with E-state index < -0.39 is 6.36 Å². The van der Waals surface area contributed by atoms with E-state index >= 15 is 0 Å². The van der Waals surface area contributed by atoms with Crippen molar-refractivity contribution in [3.63, 3.8) is 0 Å². The van der Waals surface area contributed by atoms with Crippen molar-refractivity contribution in [3.05, 3.63) is 41.0 Å². The number of alkyl halides is 3. The summed E-state index contributed by atoms with van der Waals surface area (Å²) in [5.41, 5.74) is 0.205. The monoisotopic (exact) mass is 336 g/mol. The predicted molar refractivity (Wildman–Crippen MR) is 64.7 cm³/mol. The minimum absolute atomic E-state index is 0.204. The molecular formula is C11H8BrF3N2O2. The summed E-state index contributed by atoms with van der Waals surface area (Å²) in [4.78, 5) is 3.71. The number of benzene rings is 1. The fourth-order valence-electron chi connectivity index (χ4n) is 1.36. The lowest BCUT2D eigenvalue weighted by Gasteiger charge is -2.14. The van der Waals surface area contributed by atoms with Gasteiger partial charge in [-0.05, 0) is 18.2 Å². The molecule has 2 aromatic rings. The first-order chi connectivity index (χ1) is 8.94. The van der Waals surface area contributed by atoms with Gasteiger partial charge in [0.2, 0.25) is 0 Å². The Morgan fingerprint density at radius 1 is 1.37 bits per heavy atom. The van der Waals surface area contributed by atoms with E-state index in [4.69, 9.17) is 4.42 Å². The Bertz CT molecular complexity index is 543. The fraction of sp³-hybridized carbons (Fsp3) is 0.182. The molecule has 0 aliphatic heterocycles. The van der Waals surface area contributed by atoms with E-state index in [-0.39, 0.29) is 18.0 Å². The minimum atomic E-state index is -4.75. The van der Waals surface area contributed by atoms with Crippen molar-refractivity contribution in [1.29, 1.82) is 0 Å². The van der Waals surface area contributed by atoms with Crippen molar-refractivity contribution in [3.8, 4) is 5.75 Å². The highest BCUT2D eigenvalue weighted by molar-refractivity contribution is 9.10. The molecule has 0 spiro atoms. The minimum Gasteiger partial charge on any atom is -0.447 e. The number of halogens is 4. The van der Waals surface area contributed by atoms with E-state index in [0.29, 0.717) is 10.2 Å². The fourth-order valence-corrected chi connectivity index (χ4v) is 1.70. The zero-order valence-corrected chi connectivity index (χ0v) is 11.0. The summed E-state index contributed by atoms with van der Waals surface area (Å²) in [5, 5.41) is 2.79. The van der Waals surface area contributed by atoms with Gasteiger partial charge in [-0.3, -0.25) is 0 Å². The number of nitrogens with one attached hydrogen (secondary N) is 1. The molecule has 0 amide bonds. The summed E-state index contributed by atoms with van der Waals surface area (Å²) in [5.74, 6) is 0.183. The first kappa shape index (κ1) is 13.7. The van der Waals surface area contributed by atoms with Crippen molar-refractivity contribution in [2.75, 3.05) is 5.32 Å². The maximum Gasteiger partial charge on any atom is 0.573 e. The molecular weight excluding hydrogens is 329 g/mol. The van der Waals surface area contributed by atoms with E-state index in [0.717, 1.165) is 0 Å². The average molecular weight is 337 g/mol. The number of anilines is 1. The summed E-state index contributed by atoms with van der Waals surface area (Å²) < 4.78 is 46.2. The molecule has 1 aromatic heterocycles. The van der Waals surface area contributed by atoms with Gasteiger partial charge in [0.25, 0.3) is 0 Å². The van der Waals surface area contributed by atoms with E-state index in [1.165, 1.54) is 24.7 Å². The van der Waals surface area contributed by atoms with Gasteiger partial charge < -0.3 is 14.5 Å². The molecule has 0 aliphatic carbocycles. The van der Waals surface area contributed by atoms with Crippen molar-refractivity contribution in [2.45, 2.75) is 12.9 Å². The van der Waals surface area contributed by atoms with Crippen LogP contribution in [0.1, 0.15) is 5.76 Å². The van der Waals surface area contributed by atoms with Crippen LogP contribution in [0.25, 0.3) is 0 Å². The van der Waals surface area contributed by atoms with Gasteiger partial charge in [0.05, 0.1) is 18.4 Å². The molecule has 0 saturated heterocycles. The Kier molecular flexibility index (Phi) is 3.98. The molecule has 8 heteroatoms. The number of ether oxygens (including phenoxy) is 1. The number of oxazole rings is 1. The van der Waals surface area contributed by atoms with E-state index in [2.05, 4.69) is 31.0 Å². The number of rotatable bonds is 4. The SMILES string of the molecule is FC(F)(F)Oc1cc(Br)ccc1NCc1cnco1. The van der Waals surface area contributed by atoms with E-state index in [9.17, 15) is 13.2 Å². The largest absolute Gasteiger partial charge is 0.573 e. The molecule has 0 atom stereocenters. The zero-order chi connectivity index (χ0) is 13.9. The number of nitrogens with zero attached hydrogens (tertiary/aromatic N) is 1. The molecule has 0 radical (unpaired) electrons. The first-order valence-electron chi connectivity index (χ1n) is 5.10. The van der Waals surface area contributed by atoms with Crippen LogP contribution in [0.2, 0.25) is 0 Å². The highest BCUT2D eigenvalue weighted by atomic mass is 79.9. The molecule has 19 heavy (non-hydrogen) atoms. The van der Waals surface area contributed by atoms with Gasteiger partial charge in [-0.15, -0.1) is 13.2 Å². The van der Waals surface area contributed by atoms with Crippen LogP contribution in [0.4, 0.5) is 18.9 Å². The summed E-state index contributed by atoms with van der Waals surface area (Å²) in [6, 6.07) is 4.31. The summed E-state index contributed by atoms with van der Waals surface area (Å²) in [7, 11) is 0. The Morgan fingerprint density at radius 3 is 2.79 bits per heavy atom. The van der Waals surface area contributed by atoms with Gasteiger partial charge in [-0.25, -0.2) is 4.98 Å². The molecule has 102 valence electrons. The molecule has 1 heterocycles. The molecule has 0 fully saturated rings. The predicted octanol–water partition coefficient (Wildman–Crippen LogP) is 3.95. The van der Waals surface area contributed by atoms with Crippen LogP contribution in [-0.2, 0) is 6.54 Å². The lowest BCUT2D eigenvalue weighted by molar-refractivity contribution is -0.274. The second-order valence-electron chi connectivity index (χ2n) is 3.51. The summed E-state index contributed by atoms with van der Waals surface area (Å²) in [6.07, 6.45) is -2.04. The Balaban J connectivity index is 2.14. The van der Waals surface area contributed by atoms with E-state index in [1.54, 1.807) is 6.07 Å². The number of hydrogen-bond acceptors (Lipinski definition) is 4. The quantitative estimate of drug-likeness (QED) is 0.918.